The summed E-state index contributed by atoms with van der Waals surface area (Å²) < 4.78 is 0. The zero-order valence-corrected chi connectivity index (χ0v) is 15.0. The van der Waals surface area contributed by atoms with Gasteiger partial charge in [0.15, 0.2) is 0 Å². The van der Waals surface area contributed by atoms with Gasteiger partial charge < -0.3 is 10.6 Å². The summed E-state index contributed by atoms with van der Waals surface area (Å²) in [5.41, 5.74) is 0. The molecule has 0 aliphatic heterocycles. The summed E-state index contributed by atoms with van der Waals surface area (Å²) >= 11 is 0. The molecular formula is C13H24N4O4S2. The van der Waals surface area contributed by atoms with Crippen molar-refractivity contribution >= 4 is 45.5 Å². The van der Waals surface area contributed by atoms with Crippen LogP contribution in [0.1, 0.15) is 32.6 Å². The van der Waals surface area contributed by atoms with E-state index in [4.69, 9.17) is 0 Å². The molecule has 0 saturated carbocycles. The molecule has 0 heterocycles. The summed E-state index contributed by atoms with van der Waals surface area (Å²) in [6.07, 6.45) is 3.12. The minimum atomic E-state index is -0.539. The molecule has 23 heavy (non-hydrogen) atoms. The smallest absolute Gasteiger partial charge is 0.321 e. The Labute approximate surface area is 144 Å². The van der Waals surface area contributed by atoms with Crippen molar-refractivity contribution in [3.8, 4) is 0 Å². The molecule has 0 aliphatic carbocycles. The van der Waals surface area contributed by atoms with Gasteiger partial charge in [0.25, 0.3) is 0 Å². The highest BCUT2D eigenvalue weighted by Crippen LogP contribution is 2.19. The fourth-order valence-corrected chi connectivity index (χ4v) is 3.09. The molecule has 0 bridgehead atoms. The average molecular weight is 364 g/mol. The molecule has 0 unspecified atom stereocenters. The Hall–Kier alpha value is -1.42. The second-order valence-corrected chi connectivity index (χ2v) is 7.06. The lowest BCUT2D eigenvalue weighted by Crippen LogP contribution is -2.40. The van der Waals surface area contributed by atoms with Crippen LogP contribution in [-0.2, 0) is 9.59 Å². The first-order chi connectivity index (χ1) is 11.0. The second kappa shape index (κ2) is 14.2. The van der Waals surface area contributed by atoms with Gasteiger partial charge in [-0.2, -0.15) is 0 Å². The van der Waals surface area contributed by atoms with E-state index in [0.717, 1.165) is 19.3 Å². The standard InChI is InChI=1S/C13H24N4O4S2/c1-3-4-5-6-10(18)16-13(21)15-7-8-22-23-9-11(19)17-12(20)14-2/h3-9H2,1-2H3,(H2,14,17,19,20)(H2,15,16,18,21). The van der Waals surface area contributed by atoms with Crippen LogP contribution in [0.2, 0.25) is 0 Å². The lowest BCUT2D eigenvalue weighted by atomic mass is 10.2. The monoisotopic (exact) mass is 364 g/mol. The van der Waals surface area contributed by atoms with Crippen molar-refractivity contribution < 1.29 is 19.2 Å². The lowest BCUT2D eigenvalue weighted by molar-refractivity contribution is -0.120. The molecule has 0 aromatic carbocycles. The highest BCUT2D eigenvalue weighted by atomic mass is 33.1. The summed E-state index contributed by atoms with van der Waals surface area (Å²) in [7, 11) is 4.10. The summed E-state index contributed by atoms with van der Waals surface area (Å²) in [6.45, 7) is 2.42. The van der Waals surface area contributed by atoms with Crippen molar-refractivity contribution in [3.05, 3.63) is 0 Å². The van der Waals surface area contributed by atoms with E-state index < -0.39 is 12.1 Å². The molecule has 0 aromatic heterocycles. The van der Waals surface area contributed by atoms with Crippen LogP contribution >= 0.6 is 21.6 Å². The molecule has 0 radical (unpaired) electrons. The summed E-state index contributed by atoms with van der Waals surface area (Å²) in [4.78, 5) is 44.9. The van der Waals surface area contributed by atoms with Gasteiger partial charge in [-0.1, -0.05) is 41.4 Å². The van der Waals surface area contributed by atoms with Crippen molar-refractivity contribution in [3.63, 3.8) is 0 Å². The predicted molar refractivity (Wildman–Crippen MR) is 93.2 cm³/mol. The van der Waals surface area contributed by atoms with E-state index in [1.807, 2.05) is 6.92 Å². The Balaban J connectivity index is 3.53. The number of rotatable bonds is 10. The Bertz CT molecular complexity index is 407. The van der Waals surface area contributed by atoms with Gasteiger partial charge >= 0.3 is 12.1 Å². The Morgan fingerprint density at radius 1 is 0.913 bits per heavy atom. The van der Waals surface area contributed by atoms with Crippen LogP contribution in [0.3, 0.4) is 0 Å². The molecular weight excluding hydrogens is 340 g/mol. The van der Waals surface area contributed by atoms with Crippen LogP contribution in [0.5, 0.6) is 0 Å². The van der Waals surface area contributed by atoms with E-state index in [0.29, 0.717) is 18.7 Å². The van der Waals surface area contributed by atoms with Crippen LogP contribution in [0.15, 0.2) is 0 Å². The maximum Gasteiger partial charge on any atom is 0.321 e. The van der Waals surface area contributed by atoms with E-state index >= 15 is 0 Å². The molecule has 8 nitrogen and oxygen atoms in total. The van der Waals surface area contributed by atoms with E-state index in [1.165, 1.54) is 28.6 Å². The quantitative estimate of drug-likeness (QED) is 0.342. The third-order valence-electron chi connectivity index (χ3n) is 2.48. The molecule has 0 atom stereocenters. The van der Waals surface area contributed by atoms with Gasteiger partial charge in [0, 0.05) is 25.8 Å². The molecule has 0 aromatic rings. The number of imide groups is 2. The zero-order chi connectivity index (χ0) is 17.5. The number of amides is 6. The topological polar surface area (TPSA) is 116 Å². The Morgan fingerprint density at radius 3 is 2.26 bits per heavy atom. The van der Waals surface area contributed by atoms with Gasteiger partial charge in [-0.3, -0.25) is 20.2 Å². The summed E-state index contributed by atoms with van der Waals surface area (Å²) in [5, 5.41) is 9.25. The summed E-state index contributed by atoms with van der Waals surface area (Å²) in [6, 6.07) is -1.04. The first-order valence-electron chi connectivity index (χ1n) is 7.33. The predicted octanol–water partition coefficient (Wildman–Crippen LogP) is 1.23. The van der Waals surface area contributed by atoms with Gasteiger partial charge in [0.1, 0.15) is 0 Å². The second-order valence-electron chi connectivity index (χ2n) is 4.47. The molecule has 10 heteroatoms. The van der Waals surface area contributed by atoms with Gasteiger partial charge in [-0.15, -0.1) is 0 Å². The fraction of sp³-hybridized carbons (Fsp3) is 0.692. The van der Waals surface area contributed by atoms with Gasteiger partial charge in [0.2, 0.25) is 11.8 Å². The third-order valence-corrected chi connectivity index (χ3v) is 4.76. The highest BCUT2D eigenvalue weighted by molar-refractivity contribution is 8.76. The van der Waals surface area contributed by atoms with E-state index in [1.54, 1.807) is 0 Å². The normalized spacial score (nSPS) is 9.83. The number of carbonyl (C=O) groups is 4. The molecule has 0 saturated heterocycles. The molecule has 0 spiro atoms. The van der Waals surface area contributed by atoms with Crippen molar-refractivity contribution in [1.29, 1.82) is 0 Å². The number of hydrogen-bond acceptors (Lipinski definition) is 6. The van der Waals surface area contributed by atoms with Crippen LogP contribution in [-0.4, -0.2) is 49.0 Å². The van der Waals surface area contributed by atoms with Crippen LogP contribution in [0, 0.1) is 0 Å². The number of nitrogens with one attached hydrogen (secondary N) is 4. The maximum atomic E-state index is 11.4. The first-order valence-corrected chi connectivity index (χ1v) is 9.82. The van der Waals surface area contributed by atoms with Crippen LogP contribution < -0.4 is 21.3 Å². The molecule has 132 valence electrons. The molecule has 0 aliphatic rings. The number of carbonyl (C=O) groups excluding carboxylic acids is 4. The van der Waals surface area contributed by atoms with Crippen molar-refractivity contribution in [2.45, 2.75) is 32.6 Å². The first kappa shape index (κ1) is 21.6. The zero-order valence-electron chi connectivity index (χ0n) is 13.4. The minimum Gasteiger partial charge on any atom is -0.341 e. The molecule has 0 fully saturated rings. The van der Waals surface area contributed by atoms with E-state index in [2.05, 4.69) is 21.3 Å². The molecule has 6 amide bonds. The fourth-order valence-electron chi connectivity index (χ4n) is 1.35. The minimum absolute atomic E-state index is 0.139. The van der Waals surface area contributed by atoms with Crippen molar-refractivity contribution in [1.82, 2.24) is 21.3 Å². The van der Waals surface area contributed by atoms with Crippen LogP contribution in [0.4, 0.5) is 9.59 Å². The van der Waals surface area contributed by atoms with Crippen molar-refractivity contribution in [2.24, 2.45) is 0 Å². The van der Waals surface area contributed by atoms with Crippen molar-refractivity contribution in [2.75, 3.05) is 25.1 Å². The number of urea groups is 2. The number of unbranched alkanes of at least 4 members (excludes halogenated alkanes) is 2. The van der Waals surface area contributed by atoms with E-state index in [-0.39, 0.29) is 17.6 Å². The Kier molecular flexibility index (Phi) is 13.3. The van der Waals surface area contributed by atoms with Crippen LogP contribution in [0.25, 0.3) is 0 Å². The summed E-state index contributed by atoms with van der Waals surface area (Å²) in [5.74, 6) is 0.0596. The van der Waals surface area contributed by atoms with Gasteiger partial charge in [-0.05, 0) is 6.42 Å². The lowest BCUT2D eigenvalue weighted by Gasteiger charge is -2.06. The van der Waals surface area contributed by atoms with Gasteiger partial charge in [-0.25, -0.2) is 9.59 Å². The molecule has 4 N–H and O–H groups in total. The largest absolute Gasteiger partial charge is 0.341 e. The van der Waals surface area contributed by atoms with Gasteiger partial charge in [0.05, 0.1) is 5.75 Å². The highest BCUT2D eigenvalue weighted by Gasteiger charge is 2.07. The average Bonchev–Trinajstić information content (AvgIpc) is 2.50. The SMILES string of the molecule is CCCCCC(=O)NC(=O)NCCSSCC(=O)NC(=O)NC. The molecule has 0 rings (SSSR count). The van der Waals surface area contributed by atoms with E-state index in [9.17, 15) is 19.2 Å². The number of hydrogen-bond donors (Lipinski definition) is 4. The maximum absolute atomic E-state index is 11.4. The Morgan fingerprint density at radius 2 is 1.61 bits per heavy atom. The third kappa shape index (κ3) is 13.9.